The summed E-state index contributed by atoms with van der Waals surface area (Å²) in [6, 6.07) is 2.08. The van der Waals surface area contributed by atoms with Gasteiger partial charge in [0.15, 0.2) is 0 Å². The SMILES string of the molecule is COc1c(C)cc(CNC(=O)C2CCCO2)c(C)c1C. The fourth-order valence-corrected chi connectivity index (χ4v) is 2.72. The molecule has 1 unspecified atom stereocenters. The summed E-state index contributed by atoms with van der Waals surface area (Å²) < 4.78 is 10.8. The minimum absolute atomic E-state index is 0.00646. The molecule has 1 aromatic rings. The van der Waals surface area contributed by atoms with Crippen molar-refractivity contribution < 1.29 is 14.3 Å². The minimum Gasteiger partial charge on any atom is -0.496 e. The maximum Gasteiger partial charge on any atom is 0.249 e. The molecule has 0 saturated carbocycles. The van der Waals surface area contributed by atoms with E-state index in [1.807, 2.05) is 13.8 Å². The van der Waals surface area contributed by atoms with Crippen LogP contribution < -0.4 is 10.1 Å². The topological polar surface area (TPSA) is 47.6 Å². The van der Waals surface area contributed by atoms with E-state index in [-0.39, 0.29) is 12.0 Å². The van der Waals surface area contributed by atoms with E-state index in [4.69, 9.17) is 9.47 Å². The zero-order valence-electron chi connectivity index (χ0n) is 12.7. The van der Waals surface area contributed by atoms with Crippen LogP contribution in [0, 0.1) is 20.8 Å². The van der Waals surface area contributed by atoms with Gasteiger partial charge in [0, 0.05) is 13.2 Å². The van der Waals surface area contributed by atoms with Gasteiger partial charge in [-0.2, -0.15) is 0 Å². The lowest BCUT2D eigenvalue weighted by molar-refractivity contribution is -0.130. The average molecular weight is 277 g/mol. The van der Waals surface area contributed by atoms with E-state index >= 15 is 0 Å². The van der Waals surface area contributed by atoms with Crippen LogP contribution >= 0.6 is 0 Å². The van der Waals surface area contributed by atoms with Crippen LogP contribution in [-0.2, 0) is 16.1 Å². The van der Waals surface area contributed by atoms with Gasteiger partial charge in [-0.3, -0.25) is 4.79 Å². The Bertz CT molecular complexity index is 505. The number of nitrogens with one attached hydrogen (secondary N) is 1. The molecule has 1 N–H and O–H groups in total. The van der Waals surface area contributed by atoms with Gasteiger partial charge in [-0.25, -0.2) is 0 Å². The molecule has 1 heterocycles. The summed E-state index contributed by atoms with van der Waals surface area (Å²) in [5.74, 6) is 0.921. The van der Waals surface area contributed by atoms with Crippen molar-refractivity contribution in [1.82, 2.24) is 5.32 Å². The van der Waals surface area contributed by atoms with Crippen LogP contribution in [0.2, 0.25) is 0 Å². The Kier molecular flexibility index (Phi) is 4.65. The van der Waals surface area contributed by atoms with E-state index in [1.54, 1.807) is 7.11 Å². The van der Waals surface area contributed by atoms with Crippen LogP contribution in [0.5, 0.6) is 5.75 Å². The molecule has 0 radical (unpaired) electrons. The van der Waals surface area contributed by atoms with Crippen molar-refractivity contribution in [2.24, 2.45) is 0 Å². The second kappa shape index (κ2) is 6.27. The van der Waals surface area contributed by atoms with Crippen LogP contribution in [0.3, 0.4) is 0 Å². The van der Waals surface area contributed by atoms with E-state index < -0.39 is 0 Å². The molecule has 1 atom stereocenters. The number of amides is 1. The van der Waals surface area contributed by atoms with Crippen molar-refractivity contribution in [3.63, 3.8) is 0 Å². The lowest BCUT2D eigenvalue weighted by Crippen LogP contribution is -2.33. The number of methoxy groups -OCH3 is 1. The Morgan fingerprint density at radius 2 is 2.15 bits per heavy atom. The van der Waals surface area contributed by atoms with Crippen molar-refractivity contribution in [3.8, 4) is 5.75 Å². The van der Waals surface area contributed by atoms with E-state index in [2.05, 4.69) is 18.3 Å². The molecule has 4 heteroatoms. The Labute approximate surface area is 120 Å². The van der Waals surface area contributed by atoms with Crippen LogP contribution in [0.25, 0.3) is 0 Å². The molecule has 110 valence electrons. The van der Waals surface area contributed by atoms with E-state index in [0.29, 0.717) is 13.2 Å². The number of hydrogen-bond donors (Lipinski definition) is 1. The third-order valence-corrected chi connectivity index (χ3v) is 4.01. The Balaban J connectivity index is 2.08. The highest BCUT2D eigenvalue weighted by Crippen LogP contribution is 2.28. The second-order valence-corrected chi connectivity index (χ2v) is 5.36. The fourth-order valence-electron chi connectivity index (χ4n) is 2.72. The lowest BCUT2D eigenvalue weighted by Gasteiger charge is -2.17. The van der Waals surface area contributed by atoms with Gasteiger partial charge in [-0.05, 0) is 55.9 Å². The molecule has 1 aliphatic rings. The third-order valence-electron chi connectivity index (χ3n) is 4.01. The number of carbonyl (C=O) groups excluding carboxylic acids is 1. The highest BCUT2D eigenvalue weighted by Gasteiger charge is 2.23. The first kappa shape index (κ1) is 14.9. The summed E-state index contributed by atoms with van der Waals surface area (Å²) in [4.78, 5) is 12.0. The van der Waals surface area contributed by atoms with E-state index in [0.717, 1.165) is 35.3 Å². The average Bonchev–Trinajstić information content (AvgIpc) is 2.95. The summed E-state index contributed by atoms with van der Waals surface area (Å²) in [6.07, 6.45) is 1.53. The van der Waals surface area contributed by atoms with Crippen LogP contribution in [0.1, 0.15) is 35.1 Å². The lowest BCUT2D eigenvalue weighted by atomic mass is 9.98. The fraction of sp³-hybridized carbons (Fsp3) is 0.562. The monoisotopic (exact) mass is 277 g/mol. The Morgan fingerprint density at radius 1 is 1.40 bits per heavy atom. The van der Waals surface area contributed by atoms with Gasteiger partial charge >= 0.3 is 0 Å². The largest absolute Gasteiger partial charge is 0.496 e. The second-order valence-electron chi connectivity index (χ2n) is 5.36. The molecular formula is C16H23NO3. The smallest absolute Gasteiger partial charge is 0.249 e. The summed E-state index contributed by atoms with van der Waals surface area (Å²) in [6.45, 7) is 7.36. The maximum absolute atomic E-state index is 12.0. The van der Waals surface area contributed by atoms with Crippen molar-refractivity contribution >= 4 is 5.91 Å². The van der Waals surface area contributed by atoms with Crippen molar-refractivity contribution in [1.29, 1.82) is 0 Å². The maximum atomic E-state index is 12.0. The molecule has 2 rings (SSSR count). The van der Waals surface area contributed by atoms with Crippen molar-refractivity contribution in [3.05, 3.63) is 28.3 Å². The number of hydrogen-bond acceptors (Lipinski definition) is 3. The summed E-state index contributed by atoms with van der Waals surface area (Å²) in [5, 5.41) is 2.97. The molecule has 0 aromatic heterocycles. The standard InChI is InChI=1S/C16H23NO3/c1-10-8-13(11(2)12(3)15(10)19-4)9-17-16(18)14-6-5-7-20-14/h8,14H,5-7,9H2,1-4H3,(H,17,18). The number of rotatable bonds is 4. The van der Waals surface area contributed by atoms with Gasteiger partial charge in [0.25, 0.3) is 0 Å². The van der Waals surface area contributed by atoms with E-state index in [9.17, 15) is 4.79 Å². The highest BCUT2D eigenvalue weighted by atomic mass is 16.5. The summed E-state index contributed by atoms with van der Waals surface area (Å²) in [5.41, 5.74) is 4.53. The molecule has 0 spiro atoms. The predicted molar refractivity (Wildman–Crippen MR) is 78.0 cm³/mol. The molecule has 0 aliphatic carbocycles. The predicted octanol–water partition coefficient (Wildman–Crippen LogP) is 2.42. The molecule has 1 aliphatic heterocycles. The molecule has 0 bridgehead atoms. The minimum atomic E-state index is -0.268. The van der Waals surface area contributed by atoms with E-state index in [1.165, 1.54) is 5.56 Å². The number of aryl methyl sites for hydroxylation is 1. The van der Waals surface area contributed by atoms with Gasteiger partial charge in [-0.1, -0.05) is 6.07 Å². The van der Waals surface area contributed by atoms with Gasteiger partial charge < -0.3 is 14.8 Å². The molecule has 1 aromatic carbocycles. The number of carbonyl (C=O) groups is 1. The Hall–Kier alpha value is -1.55. The molecule has 4 nitrogen and oxygen atoms in total. The third kappa shape index (κ3) is 2.96. The van der Waals surface area contributed by atoms with Crippen LogP contribution in [-0.4, -0.2) is 25.7 Å². The molecular weight excluding hydrogens is 254 g/mol. The van der Waals surface area contributed by atoms with Crippen LogP contribution in [0.15, 0.2) is 6.07 Å². The molecule has 1 amide bonds. The zero-order chi connectivity index (χ0) is 14.7. The van der Waals surface area contributed by atoms with Crippen molar-refractivity contribution in [2.45, 2.75) is 46.3 Å². The summed E-state index contributed by atoms with van der Waals surface area (Å²) >= 11 is 0. The first-order valence-electron chi connectivity index (χ1n) is 7.07. The quantitative estimate of drug-likeness (QED) is 0.919. The van der Waals surface area contributed by atoms with Gasteiger partial charge in [0.1, 0.15) is 11.9 Å². The summed E-state index contributed by atoms with van der Waals surface area (Å²) in [7, 11) is 1.69. The normalized spacial score (nSPS) is 18.1. The molecule has 20 heavy (non-hydrogen) atoms. The molecule has 1 fully saturated rings. The Morgan fingerprint density at radius 3 is 2.75 bits per heavy atom. The first-order valence-corrected chi connectivity index (χ1v) is 7.07. The highest BCUT2D eigenvalue weighted by molar-refractivity contribution is 5.81. The van der Waals surface area contributed by atoms with Gasteiger partial charge in [0.05, 0.1) is 7.11 Å². The number of benzene rings is 1. The molecule has 1 saturated heterocycles. The van der Waals surface area contributed by atoms with Crippen molar-refractivity contribution in [2.75, 3.05) is 13.7 Å². The van der Waals surface area contributed by atoms with Crippen LogP contribution in [0.4, 0.5) is 0 Å². The van der Waals surface area contributed by atoms with Gasteiger partial charge in [-0.15, -0.1) is 0 Å². The number of ether oxygens (including phenoxy) is 2. The zero-order valence-corrected chi connectivity index (χ0v) is 12.7. The van der Waals surface area contributed by atoms with Gasteiger partial charge in [0.2, 0.25) is 5.91 Å². The first-order chi connectivity index (χ1) is 9.54.